The summed E-state index contributed by atoms with van der Waals surface area (Å²) in [5.41, 5.74) is 0.127. The Morgan fingerprint density at radius 2 is 1.65 bits per heavy atom. The summed E-state index contributed by atoms with van der Waals surface area (Å²) in [7, 11) is 0. The Bertz CT molecular complexity index is 345. The van der Waals surface area contributed by atoms with Crippen molar-refractivity contribution in [1.29, 1.82) is 0 Å². The van der Waals surface area contributed by atoms with Crippen LogP contribution in [-0.2, 0) is 0 Å². The normalized spacial score (nSPS) is 16.6. The van der Waals surface area contributed by atoms with Crippen LogP contribution in [0.4, 0.5) is 8.78 Å². The predicted octanol–water partition coefficient (Wildman–Crippen LogP) is 4.05. The second-order valence-electron chi connectivity index (χ2n) is 4.70. The molecule has 0 aliphatic heterocycles. The number of halogens is 2. The number of hydrogen-bond acceptors (Lipinski definition) is 1. The van der Waals surface area contributed by atoms with Crippen molar-refractivity contribution >= 4 is 0 Å². The Morgan fingerprint density at radius 1 is 1.12 bits per heavy atom. The molecule has 17 heavy (non-hydrogen) atoms. The van der Waals surface area contributed by atoms with Gasteiger partial charge in [-0.25, -0.2) is 8.78 Å². The standard InChI is InChI=1S/C14H21F2N/c1-5-9(2)10(3)17-11(4)14-12(15)7-6-8-13(14)16/h6-11,17H,5H2,1-4H3. The van der Waals surface area contributed by atoms with Crippen LogP contribution in [-0.4, -0.2) is 6.04 Å². The number of benzene rings is 1. The molecule has 1 nitrogen and oxygen atoms in total. The maximum Gasteiger partial charge on any atom is 0.130 e. The van der Waals surface area contributed by atoms with E-state index in [1.807, 2.05) is 6.92 Å². The van der Waals surface area contributed by atoms with Crippen LogP contribution >= 0.6 is 0 Å². The van der Waals surface area contributed by atoms with Crippen molar-refractivity contribution in [1.82, 2.24) is 5.32 Å². The molecule has 1 aromatic rings. The van der Waals surface area contributed by atoms with Crippen molar-refractivity contribution in [2.45, 2.75) is 46.2 Å². The lowest BCUT2D eigenvalue weighted by atomic mass is 9.98. The highest BCUT2D eigenvalue weighted by molar-refractivity contribution is 5.22. The highest BCUT2D eigenvalue weighted by atomic mass is 19.1. The lowest BCUT2D eigenvalue weighted by Crippen LogP contribution is -2.34. The maximum atomic E-state index is 13.6. The summed E-state index contributed by atoms with van der Waals surface area (Å²) in [6.07, 6.45) is 1.04. The predicted molar refractivity (Wildman–Crippen MR) is 66.8 cm³/mol. The highest BCUT2D eigenvalue weighted by Gasteiger charge is 2.19. The number of rotatable bonds is 5. The van der Waals surface area contributed by atoms with E-state index in [4.69, 9.17) is 0 Å². The minimum Gasteiger partial charge on any atom is -0.307 e. The number of nitrogens with one attached hydrogen (secondary N) is 1. The summed E-state index contributed by atoms with van der Waals surface area (Å²) < 4.78 is 27.1. The molecule has 0 amide bonds. The fourth-order valence-electron chi connectivity index (χ4n) is 1.92. The summed E-state index contributed by atoms with van der Waals surface area (Å²) in [4.78, 5) is 0. The molecule has 1 rings (SSSR count). The zero-order chi connectivity index (χ0) is 13.0. The third kappa shape index (κ3) is 3.50. The van der Waals surface area contributed by atoms with E-state index in [2.05, 4.69) is 19.2 Å². The van der Waals surface area contributed by atoms with Gasteiger partial charge in [0, 0.05) is 17.6 Å². The average molecular weight is 241 g/mol. The van der Waals surface area contributed by atoms with E-state index < -0.39 is 11.6 Å². The second-order valence-corrected chi connectivity index (χ2v) is 4.70. The van der Waals surface area contributed by atoms with Gasteiger partial charge in [0.25, 0.3) is 0 Å². The monoisotopic (exact) mass is 241 g/mol. The molecule has 96 valence electrons. The zero-order valence-electron chi connectivity index (χ0n) is 10.9. The van der Waals surface area contributed by atoms with Gasteiger partial charge < -0.3 is 5.32 Å². The molecule has 3 heteroatoms. The van der Waals surface area contributed by atoms with E-state index in [-0.39, 0.29) is 17.6 Å². The van der Waals surface area contributed by atoms with Crippen LogP contribution in [0.2, 0.25) is 0 Å². The molecule has 3 unspecified atom stereocenters. The molecule has 0 spiro atoms. The van der Waals surface area contributed by atoms with Gasteiger partial charge >= 0.3 is 0 Å². The molecule has 0 heterocycles. The largest absolute Gasteiger partial charge is 0.307 e. The van der Waals surface area contributed by atoms with Crippen molar-refractivity contribution in [2.75, 3.05) is 0 Å². The maximum absolute atomic E-state index is 13.6. The molecule has 0 radical (unpaired) electrons. The lowest BCUT2D eigenvalue weighted by molar-refractivity contribution is 0.350. The van der Waals surface area contributed by atoms with Gasteiger partial charge in [0.15, 0.2) is 0 Å². The summed E-state index contributed by atoms with van der Waals surface area (Å²) in [6, 6.07) is 3.89. The third-order valence-corrected chi connectivity index (χ3v) is 3.44. The van der Waals surface area contributed by atoms with E-state index in [0.717, 1.165) is 6.42 Å². The van der Waals surface area contributed by atoms with Crippen LogP contribution in [0.1, 0.15) is 45.7 Å². The molecular formula is C14H21F2N. The summed E-state index contributed by atoms with van der Waals surface area (Å²) in [5.74, 6) is -0.491. The Hall–Kier alpha value is -0.960. The first-order valence-corrected chi connectivity index (χ1v) is 6.17. The van der Waals surface area contributed by atoms with Gasteiger partial charge in [0.1, 0.15) is 11.6 Å². The van der Waals surface area contributed by atoms with Crippen LogP contribution in [0.15, 0.2) is 18.2 Å². The Kier molecular flexibility index (Phi) is 5.06. The van der Waals surface area contributed by atoms with Gasteiger partial charge in [-0.05, 0) is 31.9 Å². The fraction of sp³-hybridized carbons (Fsp3) is 0.571. The molecule has 0 saturated carbocycles. The summed E-state index contributed by atoms with van der Waals surface area (Å²) >= 11 is 0. The van der Waals surface area contributed by atoms with E-state index in [1.54, 1.807) is 6.92 Å². The summed E-state index contributed by atoms with van der Waals surface area (Å²) in [5, 5.41) is 3.25. The molecule has 0 bridgehead atoms. The van der Waals surface area contributed by atoms with Crippen LogP contribution in [0.3, 0.4) is 0 Å². The van der Waals surface area contributed by atoms with Crippen molar-refractivity contribution in [2.24, 2.45) is 5.92 Å². The van der Waals surface area contributed by atoms with Crippen LogP contribution < -0.4 is 5.32 Å². The van der Waals surface area contributed by atoms with Crippen LogP contribution in [0.5, 0.6) is 0 Å². The van der Waals surface area contributed by atoms with E-state index in [1.165, 1.54) is 18.2 Å². The second kappa shape index (κ2) is 6.10. The van der Waals surface area contributed by atoms with E-state index >= 15 is 0 Å². The minimum absolute atomic E-state index is 0.127. The Labute approximate surface area is 102 Å². The Morgan fingerprint density at radius 3 is 2.12 bits per heavy atom. The third-order valence-electron chi connectivity index (χ3n) is 3.44. The smallest absolute Gasteiger partial charge is 0.130 e. The first kappa shape index (κ1) is 14.1. The van der Waals surface area contributed by atoms with E-state index in [0.29, 0.717) is 5.92 Å². The molecule has 1 N–H and O–H groups in total. The summed E-state index contributed by atoms with van der Waals surface area (Å²) in [6.45, 7) is 8.07. The van der Waals surface area contributed by atoms with Gasteiger partial charge in [-0.3, -0.25) is 0 Å². The van der Waals surface area contributed by atoms with Gasteiger partial charge in [0.2, 0.25) is 0 Å². The van der Waals surface area contributed by atoms with Crippen LogP contribution in [0, 0.1) is 17.6 Å². The van der Waals surface area contributed by atoms with E-state index in [9.17, 15) is 8.78 Å². The Balaban J connectivity index is 2.79. The van der Waals surface area contributed by atoms with Crippen molar-refractivity contribution in [3.05, 3.63) is 35.4 Å². The molecule has 3 atom stereocenters. The molecular weight excluding hydrogens is 220 g/mol. The lowest BCUT2D eigenvalue weighted by Gasteiger charge is -2.25. The average Bonchev–Trinajstić information content (AvgIpc) is 2.27. The zero-order valence-corrected chi connectivity index (χ0v) is 10.9. The quantitative estimate of drug-likeness (QED) is 0.820. The molecule has 1 aromatic carbocycles. The molecule has 0 aliphatic carbocycles. The van der Waals surface area contributed by atoms with Crippen molar-refractivity contribution < 1.29 is 8.78 Å². The van der Waals surface area contributed by atoms with Gasteiger partial charge in [-0.15, -0.1) is 0 Å². The van der Waals surface area contributed by atoms with Gasteiger partial charge in [-0.1, -0.05) is 26.3 Å². The fourth-order valence-corrected chi connectivity index (χ4v) is 1.92. The SMILES string of the molecule is CCC(C)C(C)NC(C)c1c(F)cccc1F. The van der Waals surface area contributed by atoms with Crippen molar-refractivity contribution in [3.63, 3.8) is 0 Å². The van der Waals surface area contributed by atoms with Gasteiger partial charge in [-0.2, -0.15) is 0 Å². The van der Waals surface area contributed by atoms with Crippen molar-refractivity contribution in [3.8, 4) is 0 Å². The molecule has 0 saturated heterocycles. The molecule has 0 aliphatic rings. The number of hydrogen-bond donors (Lipinski definition) is 1. The highest BCUT2D eigenvalue weighted by Crippen LogP contribution is 2.22. The topological polar surface area (TPSA) is 12.0 Å². The van der Waals surface area contributed by atoms with Crippen LogP contribution in [0.25, 0.3) is 0 Å². The first-order valence-electron chi connectivity index (χ1n) is 6.17. The minimum atomic E-state index is -0.485. The molecule has 0 aromatic heterocycles. The van der Waals surface area contributed by atoms with Gasteiger partial charge in [0.05, 0.1) is 0 Å². The molecule has 0 fully saturated rings. The first-order chi connectivity index (χ1) is 7.97.